The van der Waals surface area contributed by atoms with Crippen LogP contribution in [0.3, 0.4) is 0 Å². The normalized spacial score (nSPS) is 18.1. The van der Waals surface area contributed by atoms with Gasteiger partial charge in [0.15, 0.2) is 6.10 Å². The molecule has 116 valence electrons. The van der Waals surface area contributed by atoms with Crippen molar-refractivity contribution in [1.82, 2.24) is 5.32 Å². The summed E-state index contributed by atoms with van der Waals surface area (Å²) in [7, 11) is 0. The van der Waals surface area contributed by atoms with Gasteiger partial charge in [0, 0.05) is 13.0 Å². The van der Waals surface area contributed by atoms with Crippen LogP contribution in [0.5, 0.6) is 5.75 Å². The monoisotopic (exact) mass is 291 g/mol. The lowest BCUT2D eigenvalue weighted by Crippen LogP contribution is -2.23. The maximum absolute atomic E-state index is 11.5. The summed E-state index contributed by atoms with van der Waals surface area (Å²) in [6, 6.07) is 4.24. The Balaban J connectivity index is 2.04. The third-order valence-corrected chi connectivity index (χ3v) is 3.55. The summed E-state index contributed by atoms with van der Waals surface area (Å²) in [5.41, 5.74) is 3.37. The second-order valence-electron chi connectivity index (χ2n) is 6.15. The van der Waals surface area contributed by atoms with E-state index in [-0.39, 0.29) is 5.97 Å². The highest BCUT2D eigenvalue weighted by Gasteiger charge is 2.29. The van der Waals surface area contributed by atoms with E-state index in [1.165, 1.54) is 5.56 Å². The number of carbonyl (C=O) groups excluding carboxylic acids is 1. The molecule has 1 unspecified atom stereocenters. The standard InChI is InChI=1S/C17H25NO3/c1-11(2)9-18-10-14-7-12(3)16(13(4)8-14)21-15-5-6-20-17(15)19/h7-8,11,15,18H,5-6,9-10H2,1-4H3. The molecule has 0 aliphatic carbocycles. The lowest BCUT2D eigenvalue weighted by Gasteiger charge is -2.17. The first kappa shape index (κ1) is 15.8. The fourth-order valence-corrected chi connectivity index (χ4v) is 2.56. The van der Waals surface area contributed by atoms with E-state index in [0.717, 1.165) is 30.0 Å². The molecule has 1 aliphatic heterocycles. The van der Waals surface area contributed by atoms with Crippen molar-refractivity contribution in [2.45, 2.75) is 46.8 Å². The van der Waals surface area contributed by atoms with Crippen LogP contribution in [0.15, 0.2) is 12.1 Å². The maximum atomic E-state index is 11.5. The minimum absolute atomic E-state index is 0.253. The zero-order valence-corrected chi connectivity index (χ0v) is 13.4. The smallest absolute Gasteiger partial charge is 0.347 e. The Morgan fingerprint density at radius 3 is 2.52 bits per heavy atom. The summed E-state index contributed by atoms with van der Waals surface area (Å²) in [6.07, 6.45) is 0.183. The molecule has 1 atom stereocenters. The molecule has 1 aliphatic rings. The molecule has 0 bridgehead atoms. The molecular formula is C17H25NO3. The molecular weight excluding hydrogens is 266 g/mol. The van der Waals surface area contributed by atoms with Gasteiger partial charge >= 0.3 is 5.97 Å². The molecule has 4 nitrogen and oxygen atoms in total. The van der Waals surface area contributed by atoms with Gasteiger partial charge in [0.2, 0.25) is 0 Å². The number of esters is 1. The van der Waals surface area contributed by atoms with Gasteiger partial charge in [0.1, 0.15) is 5.75 Å². The number of nitrogens with one attached hydrogen (secondary N) is 1. The number of hydrogen-bond acceptors (Lipinski definition) is 4. The van der Waals surface area contributed by atoms with Crippen molar-refractivity contribution in [3.63, 3.8) is 0 Å². The van der Waals surface area contributed by atoms with Gasteiger partial charge in [-0.3, -0.25) is 0 Å². The molecule has 2 rings (SSSR count). The van der Waals surface area contributed by atoms with Gasteiger partial charge in [-0.2, -0.15) is 0 Å². The Kier molecular flexibility index (Phi) is 5.23. The minimum atomic E-state index is -0.452. The van der Waals surface area contributed by atoms with Gasteiger partial charge in [-0.15, -0.1) is 0 Å². The Hall–Kier alpha value is -1.55. The summed E-state index contributed by atoms with van der Waals surface area (Å²) in [5.74, 6) is 1.20. The van der Waals surface area contributed by atoms with Crippen LogP contribution >= 0.6 is 0 Å². The summed E-state index contributed by atoms with van der Waals surface area (Å²) < 4.78 is 10.8. The fraction of sp³-hybridized carbons (Fsp3) is 0.588. The third-order valence-electron chi connectivity index (χ3n) is 3.55. The predicted octanol–water partition coefficient (Wildman–Crippen LogP) is 2.74. The number of benzene rings is 1. The SMILES string of the molecule is Cc1cc(CNCC(C)C)cc(C)c1OC1CCOC1=O. The number of rotatable bonds is 6. The first-order chi connectivity index (χ1) is 9.97. The van der Waals surface area contributed by atoms with Crippen molar-refractivity contribution in [3.8, 4) is 5.75 Å². The lowest BCUT2D eigenvalue weighted by atomic mass is 10.1. The third kappa shape index (κ3) is 4.21. The zero-order chi connectivity index (χ0) is 15.4. The average molecular weight is 291 g/mol. The van der Waals surface area contributed by atoms with Crippen LogP contribution in [-0.2, 0) is 16.1 Å². The van der Waals surface area contributed by atoms with E-state index in [4.69, 9.17) is 9.47 Å². The van der Waals surface area contributed by atoms with Gasteiger partial charge in [-0.25, -0.2) is 4.79 Å². The molecule has 1 N–H and O–H groups in total. The fourth-order valence-electron chi connectivity index (χ4n) is 2.56. The molecule has 1 saturated heterocycles. The number of hydrogen-bond donors (Lipinski definition) is 1. The van der Waals surface area contributed by atoms with E-state index in [1.807, 2.05) is 13.8 Å². The van der Waals surface area contributed by atoms with Crippen LogP contribution in [0.4, 0.5) is 0 Å². The van der Waals surface area contributed by atoms with Gasteiger partial charge in [-0.05, 0) is 43.0 Å². The molecule has 0 amide bonds. The van der Waals surface area contributed by atoms with Crippen LogP contribution in [0.1, 0.15) is 37.0 Å². The minimum Gasteiger partial charge on any atom is -0.478 e. The summed E-state index contributed by atoms with van der Waals surface area (Å²) >= 11 is 0. The van der Waals surface area contributed by atoms with Crippen molar-refractivity contribution in [2.75, 3.05) is 13.2 Å². The first-order valence-electron chi connectivity index (χ1n) is 7.61. The van der Waals surface area contributed by atoms with Crippen LogP contribution < -0.4 is 10.1 Å². The molecule has 0 radical (unpaired) electrons. The maximum Gasteiger partial charge on any atom is 0.347 e. The molecule has 0 saturated carbocycles. The molecule has 0 spiro atoms. The van der Waals surface area contributed by atoms with Gasteiger partial charge in [-0.1, -0.05) is 26.0 Å². The molecule has 4 heteroatoms. The molecule has 21 heavy (non-hydrogen) atoms. The van der Waals surface area contributed by atoms with Crippen LogP contribution in [-0.4, -0.2) is 25.2 Å². The van der Waals surface area contributed by atoms with E-state index in [1.54, 1.807) is 0 Å². The van der Waals surface area contributed by atoms with Gasteiger partial charge < -0.3 is 14.8 Å². The number of carbonyl (C=O) groups is 1. The van der Waals surface area contributed by atoms with Crippen molar-refractivity contribution in [2.24, 2.45) is 5.92 Å². The van der Waals surface area contributed by atoms with Crippen molar-refractivity contribution in [3.05, 3.63) is 28.8 Å². The van der Waals surface area contributed by atoms with E-state index in [0.29, 0.717) is 18.9 Å². The molecule has 1 aromatic rings. The van der Waals surface area contributed by atoms with E-state index in [9.17, 15) is 4.79 Å². The number of cyclic esters (lactones) is 1. The molecule has 1 heterocycles. The highest BCUT2D eigenvalue weighted by Crippen LogP contribution is 2.27. The van der Waals surface area contributed by atoms with Crippen LogP contribution in [0, 0.1) is 19.8 Å². The Labute approximate surface area is 126 Å². The zero-order valence-electron chi connectivity index (χ0n) is 13.4. The van der Waals surface area contributed by atoms with E-state index < -0.39 is 6.10 Å². The Bertz CT molecular complexity index is 488. The lowest BCUT2D eigenvalue weighted by molar-refractivity contribution is -0.143. The Morgan fingerprint density at radius 1 is 1.33 bits per heavy atom. The largest absolute Gasteiger partial charge is 0.478 e. The molecule has 1 aromatic carbocycles. The second kappa shape index (κ2) is 6.94. The molecule has 0 aromatic heterocycles. The second-order valence-corrected chi connectivity index (χ2v) is 6.15. The average Bonchev–Trinajstić information content (AvgIpc) is 2.79. The van der Waals surface area contributed by atoms with Gasteiger partial charge in [0.05, 0.1) is 6.61 Å². The first-order valence-corrected chi connectivity index (χ1v) is 7.61. The van der Waals surface area contributed by atoms with E-state index >= 15 is 0 Å². The summed E-state index contributed by atoms with van der Waals surface area (Å²) in [6.45, 7) is 10.8. The van der Waals surface area contributed by atoms with Crippen molar-refractivity contribution in [1.29, 1.82) is 0 Å². The highest BCUT2D eigenvalue weighted by molar-refractivity contribution is 5.77. The molecule has 1 fully saturated rings. The topological polar surface area (TPSA) is 47.6 Å². The van der Waals surface area contributed by atoms with Crippen LogP contribution in [0.25, 0.3) is 0 Å². The highest BCUT2D eigenvalue weighted by atomic mass is 16.6. The quantitative estimate of drug-likeness (QED) is 0.819. The van der Waals surface area contributed by atoms with E-state index in [2.05, 4.69) is 31.3 Å². The Morgan fingerprint density at radius 2 is 2.00 bits per heavy atom. The summed E-state index contributed by atoms with van der Waals surface area (Å²) in [5, 5.41) is 3.44. The number of aryl methyl sites for hydroxylation is 2. The summed E-state index contributed by atoms with van der Waals surface area (Å²) in [4.78, 5) is 11.5. The van der Waals surface area contributed by atoms with Crippen LogP contribution in [0.2, 0.25) is 0 Å². The van der Waals surface area contributed by atoms with Crippen molar-refractivity contribution < 1.29 is 14.3 Å². The van der Waals surface area contributed by atoms with Crippen molar-refractivity contribution >= 4 is 5.97 Å². The number of ether oxygens (including phenoxy) is 2. The van der Waals surface area contributed by atoms with Gasteiger partial charge in [0.25, 0.3) is 0 Å². The predicted molar refractivity (Wildman–Crippen MR) is 82.5 cm³/mol.